The maximum Gasteiger partial charge on any atom is 0.276 e. The third-order valence-corrected chi connectivity index (χ3v) is 9.46. The largest absolute Gasteiger partial charge is 0.377 e. The summed E-state index contributed by atoms with van der Waals surface area (Å²) in [7, 11) is 0.0936. The Morgan fingerprint density at radius 3 is 2.56 bits per heavy atom. The third-order valence-electron chi connectivity index (χ3n) is 7.57. The molecular formula is C28H28N6O4S. The molecule has 0 aliphatic carbocycles. The van der Waals surface area contributed by atoms with E-state index in [0.29, 0.717) is 23.4 Å². The fourth-order valence-electron chi connectivity index (χ4n) is 5.81. The maximum absolute atomic E-state index is 14.0. The number of carbonyl (C=O) groups excluding carboxylic acids is 1. The number of pyridine rings is 1. The minimum absolute atomic E-state index is 0.0259. The van der Waals surface area contributed by atoms with Crippen LogP contribution in [-0.4, -0.2) is 60.4 Å². The number of piperidine rings is 1. The first-order chi connectivity index (χ1) is 18.7. The Morgan fingerprint density at radius 1 is 1.00 bits per heavy atom. The summed E-state index contributed by atoms with van der Waals surface area (Å²) >= 11 is 0. The molecule has 2 aliphatic rings. The highest BCUT2D eigenvalue weighted by molar-refractivity contribution is 7.89. The number of benzene rings is 2. The summed E-state index contributed by atoms with van der Waals surface area (Å²) in [4.78, 5) is 36.0. The van der Waals surface area contributed by atoms with Crippen molar-refractivity contribution in [3.05, 3.63) is 88.9 Å². The van der Waals surface area contributed by atoms with Gasteiger partial charge in [-0.2, -0.15) is 4.31 Å². The van der Waals surface area contributed by atoms with E-state index >= 15 is 0 Å². The number of hydrogen-bond acceptors (Lipinski definition) is 7. The van der Waals surface area contributed by atoms with Crippen molar-refractivity contribution >= 4 is 38.1 Å². The number of anilines is 2. The molecule has 10 nitrogen and oxygen atoms in total. The van der Waals surface area contributed by atoms with Crippen LogP contribution < -0.4 is 15.8 Å². The summed E-state index contributed by atoms with van der Waals surface area (Å²) in [5, 5.41) is 4.22. The quantitative estimate of drug-likeness (QED) is 0.411. The molecule has 1 amide bonds. The predicted molar refractivity (Wildman–Crippen MR) is 149 cm³/mol. The van der Waals surface area contributed by atoms with Crippen LogP contribution in [0.1, 0.15) is 28.5 Å². The summed E-state index contributed by atoms with van der Waals surface area (Å²) in [6.45, 7) is 0.990. The summed E-state index contributed by atoms with van der Waals surface area (Å²) in [5.41, 5.74) is 1.70. The highest BCUT2D eigenvalue weighted by atomic mass is 32.2. The molecule has 1 saturated heterocycles. The number of aromatic nitrogens is 3. The van der Waals surface area contributed by atoms with Gasteiger partial charge in [0, 0.05) is 74.2 Å². The van der Waals surface area contributed by atoms with Gasteiger partial charge in [0.2, 0.25) is 10.0 Å². The van der Waals surface area contributed by atoms with E-state index in [9.17, 15) is 18.0 Å². The first-order valence-corrected chi connectivity index (χ1v) is 14.2. The average Bonchev–Trinajstić information content (AvgIpc) is 2.94. The zero-order chi connectivity index (χ0) is 27.3. The molecule has 11 heteroatoms. The van der Waals surface area contributed by atoms with E-state index in [1.54, 1.807) is 27.1 Å². The van der Waals surface area contributed by atoms with E-state index < -0.39 is 15.9 Å². The summed E-state index contributed by atoms with van der Waals surface area (Å²) in [6.07, 6.45) is 5.02. The van der Waals surface area contributed by atoms with Crippen LogP contribution in [-0.2, 0) is 16.6 Å². The predicted octanol–water partition coefficient (Wildman–Crippen LogP) is 2.92. The van der Waals surface area contributed by atoms with E-state index in [4.69, 9.17) is 0 Å². The molecule has 0 unspecified atom stereocenters. The van der Waals surface area contributed by atoms with Crippen LogP contribution >= 0.6 is 0 Å². The number of amides is 1. The van der Waals surface area contributed by atoms with Gasteiger partial charge in [-0.1, -0.05) is 24.3 Å². The summed E-state index contributed by atoms with van der Waals surface area (Å²) < 4.78 is 31.2. The third kappa shape index (κ3) is 4.37. The molecule has 0 saturated carbocycles. The van der Waals surface area contributed by atoms with E-state index in [1.807, 2.05) is 49.3 Å². The molecule has 1 fully saturated rings. The molecule has 4 heterocycles. The maximum atomic E-state index is 14.0. The molecule has 1 N–H and O–H groups in total. The molecule has 6 rings (SSSR count). The van der Waals surface area contributed by atoms with E-state index in [0.717, 1.165) is 23.2 Å². The molecule has 0 radical (unpaired) electrons. The molecule has 2 atom stereocenters. The molecule has 2 aliphatic heterocycles. The van der Waals surface area contributed by atoms with Gasteiger partial charge in [-0.15, -0.1) is 0 Å². The average molecular weight is 545 g/mol. The van der Waals surface area contributed by atoms with Crippen molar-refractivity contribution in [2.45, 2.75) is 23.8 Å². The second kappa shape index (κ2) is 9.58. The van der Waals surface area contributed by atoms with Gasteiger partial charge in [-0.3, -0.25) is 14.6 Å². The van der Waals surface area contributed by atoms with Crippen molar-refractivity contribution in [1.29, 1.82) is 0 Å². The van der Waals surface area contributed by atoms with Gasteiger partial charge in [0.1, 0.15) is 11.4 Å². The van der Waals surface area contributed by atoms with E-state index in [-0.39, 0.29) is 35.3 Å². The van der Waals surface area contributed by atoms with Crippen molar-refractivity contribution in [3.8, 4) is 0 Å². The molecular weight excluding hydrogens is 516 g/mol. The Labute approximate surface area is 226 Å². The number of hydrogen-bond donors (Lipinski definition) is 1. The summed E-state index contributed by atoms with van der Waals surface area (Å²) in [5.74, 6) is -0.666. The van der Waals surface area contributed by atoms with Crippen molar-refractivity contribution in [3.63, 3.8) is 0 Å². The smallest absolute Gasteiger partial charge is 0.276 e. The fraction of sp³-hybridized carbons (Fsp3) is 0.286. The highest BCUT2D eigenvalue weighted by Gasteiger charge is 2.40. The monoisotopic (exact) mass is 544 g/mol. The zero-order valence-corrected chi connectivity index (χ0v) is 22.4. The lowest BCUT2D eigenvalue weighted by Crippen LogP contribution is -2.49. The van der Waals surface area contributed by atoms with Gasteiger partial charge in [0.25, 0.3) is 11.5 Å². The molecule has 2 aromatic carbocycles. The number of nitrogens with one attached hydrogen (secondary N) is 1. The van der Waals surface area contributed by atoms with Gasteiger partial charge < -0.3 is 14.8 Å². The first kappa shape index (κ1) is 25.2. The Hall–Kier alpha value is -4.09. The highest BCUT2D eigenvalue weighted by Crippen LogP contribution is 2.39. The van der Waals surface area contributed by atoms with Crippen LogP contribution in [0.2, 0.25) is 0 Å². The van der Waals surface area contributed by atoms with Crippen molar-refractivity contribution in [2.75, 3.05) is 37.4 Å². The number of rotatable bonds is 5. The minimum atomic E-state index is -3.78. The van der Waals surface area contributed by atoms with E-state index in [1.165, 1.54) is 18.6 Å². The molecule has 2 bridgehead atoms. The number of fused-ring (bicyclic) bond motifs is 5. The van der Waals surface area contributed by atoms with Crippen molar-refractivity contribution in [2.24, 2.45) is 5.92 Å². The lowest BCUT2D eigenvalue weighted by molar-refractivity contribution is 0.102. The van der Waals surface area contributed by atoms with Gasteiger partial charge >= 0.3 is 0 Å². The van der Waals surface area contributed by atoms with Crippen LogP contribution in [0.5, 0.6) is 0 Å². The Morgan fingerprint density at radius 2 is 1.79 bits per heavy atom. The number of carbonyl (C=O) groups is 1. The number of sulfonamides is 1. The minimum Gasteiger partial charge on any atom is -0.377 e. The Kier molecular flexibility index (Phi) is 6.19. The molecule has 4 aromatic rings. The Bertz CT molecular complexity index is 1750. The Balaban J connectivity index is 1.30. The molecule has 200 valence electrons. The summed E-state index contributed by atoms with van der Waals surface area (Å²) in [6, 6.07) is 14.5. The second-order valence-corrected chi connectivity index (χ2v) is 12.2. The van der Waals surface area contributed by atoms with Crippen LogP contribution in [0.4, 0.5) is 11.4 Å². The van der Waals surface area contributed by atoms with Crippen LogP contribution in [0.3, 0.4) is 0 Å². The normalized spacial score (nSPS) is 18.9. The lowest BCUT2D eigenvalue weighted by atomic mass is 9.84. The second-order valence-electron chi connectivity index (χ2n) is 10.3. The van der Waals surface area contributed by atoms with Gasteiger partial charge in [0.05, 0.1) is 11.1 Å². The van der Waals surface area contributed by atoms with Crippen LogP contribution in [0, 0.1) is 5.92 Å². The first-order valence-electron chi connectivity index (χ1n) is 12.7. The van der Waals surface area contributed by atoms with Gasteiger partial charge in [-0.25, -0.2) is 13.4 Å². The van der Waals surface area contributed by atoms with Gasteiger partial charge in [-0.05, 0) is 36.6 Å². The van der Waals surface area contributed by atoms with Crippen molar-refractivity contribution in [1.82, 2.24) is 18.8 Å². The number of nitrogens with zero attached hydrogens (tertiary/aromatic N) is 5. The van der Waals surface area contributed by atoms with E-state index in [2.05, 4.69) is 15.3 Å². The molecule has 0 spiro atoms. The lowest BCUT2D eigenvalue weighted by Gasteiger charge is -2.42. The SMILES string of the molecule is CN(C)c1cccc2c(S(=O)(=O)N3C[C@@H]4C[C@H](C3)c3ccc(NC(=O)c5cnccn5)c(=O)n3C4)cccc12. The molecule has 2 aromatic heterocycles. The fourth-order valence-corrected chi connectivity index (χ4v) is 7.58. The zero-order valence-electron chi connectivity index (χ0n) is 21.6. The standard InChI is InChI=1S/C28H28N6O4S/c1-32(2)25-7-3-6-21-20(25)5-4-8-26(21)39(37,38)33-15-18-13-19(17-33)24-10-9-22(28(36)34(24)16-18)31-27(35)23-14-29-11-12-30-23/h3-12,14,18-19H,13,15-17H2,1-2H3,(H,31,35)/t18-,19+/m0/s1. The van der Waals surface area contributed by atoms with Crippen LogP contribution in [0.15, 0.2) is 76.8 Å². The topological polar surface area (TPSA) is 118 Å². The van der Waals surface area contributed by atoms with Crippen molar-refractivity contribution < 1.29 is 13.2 Å². The van der Waals surface area contributed by atoms with Gasteiger partial charge in [0.15, 0.2) is 0 Å². The van der Waals surface area contributed by atoms with Crippen LogP contribution in [0.25, 0.3) is 10.8 Å². The molecule has 39 heavy (non-hydrogen) atoms.